The molecule has 0 spiro atoms. The Labute approximate surface area is 160 Å². The molecule has 0 aliphatic carbocycles. The van der Waals surface area contributed by atoms with Crippen molar-refractivity contribution in [3.05, 3.63) is 41.2 Å². The van der Waals surface area contributed by atoms with Crippen LogP contribution < -0.4 is 5.32 Å². The van der Waals surface area contributed by atoms with Crippen LogP contribution in [0.2, 0.25) is 0 Å². The van der Waals surface area contributed by atoms with E-state index in [-0.39, 0.29) is 23.3 Å². The van der Waals surface area contributed by atoms with Gasteiger partial charge in [-0.15, -0.1) is 0 Å². The van der Waals surface area contributed by atoms with Crippen molar-refractivity contribution in [3.8, 4) is 0 Å². The molecular formula is C19H26N4O3S. The molecule has 1 aromatic carbocycles. The van der Waals surface area contributed by atoms with E-state index in [0.29, 0.717) is 30.8 Å². The lowest BCUT2D eigenvalue weighted by Crippen LogP contribution is -2.44. The molecule has 146 valence electrons. The molecule has 1 aliphatic rings. The Hall–Kier alpha value is -2.19. The molecule has 8 heteroatoms. The average Bonchev–Trinajstić information content (AvgIpc) is 2.89. The van der Waals surface area contributed by atoms with Crippen LogP contribution >= 0.6 is 0 Å². The fourth-order valence-electron chi connectivity index (χ4n) is 3.58. The summed E-state index contributed by atoms with van der Waals surface area (Å²) >= 11 is 0. The number of para-hydroxylation sites is 1. The first-order valence-electron chi connectivity index (χ1n) is 9.08. The Morgan fingerprint density at radius 1 is 1.22 bits per heavy atom. The second-order valence-electron chi connectivity index (χ2n) is 7.13. The van der Waals surface area contributed by atoms with Crippen LogP contribution in [0.15, 0.2) is 29.2 Å². The first-order chi connectivity index (χ1) is 12.7. The molecule has 0 saturated carbocycles. The molecule has 0 radical (unpaired) electrons. The number of aryl methyl sites for hydroxylation is 3. The van der Waals surface area contributed by atoms with Gasteiger partial charge in [-0.05, 0) is 45.2 Å². The van der Waals surface area contributed by atoms with Gasteiger partial charge >= 0.3 is 0 Å². The third kappa shape index (κ3) is 3.77. The summed E-state index contributed by atoms with van der Waals surface area (Å²) < 4.78 is 29.3. The van der Waals surface area contributed by atoms with Gasteiger partial charge in [-0.2, -0.15) is 9.40 Å². The minimum absolute atomic E-state index is 0.135. The molecule has 27 heavy (non-hydrogen) atoms. The number of nitrogens with zero attached hydrogens (tertiary/aromatic N) is 3. The summed E-state index contributed by atoms with van der Waals surface area (Å²) in [4.78, 5) is 13.0. The van der Waals surface area contributed by atoms with Gasteiger partial charge in [-0.25, -0.2) is 8.42 Å². The van der Waals surface area contributed by atoms with Crippen LogP contribution in [0, 0.1) is 26.7 Å². The molecule has 1 atom stereocenters. The number of anilines is 1. The largest absolute Gasteiger partial charge is 0.326 e. The van der Waals surface area contributed by atoms with Crippen molar-refractivity contribution in [1.82, 2.24) is 14.1 Å². The van der Waals surface area contributed by atoms with Gasteiger partial charge in [-0.1, -0.05) is 18.2 Å². The van der Waals surface area contributed by atoms with Crippen molar-refractivity contribution >= 4 is 21.6 Å². The van der Waals surface area contributed by atoms with Crippen molar-refractivity contribution in [2.75, 3.05) is 18.4 Å². The second kappa shape index (κ2) is 7.44. The molecule has 1 aromatic heterocycles. The van der Waals surface area contributed by atoms with Crippen LogP contribution in [-0.2, 0) is 21.9 Å². The van der Waals surface area contributed by atoms with Crippen LogP contribution in [0.3, 0.4) is 0 Å². The lowest BCUT2D eigenvalue weighted by Gasteiger charge is -2.31. The lowest BCUT2D eigenvalue weighted by molar-refractivity contribution is -0.120. The van der Waals surface area contributed by atoms with E-state index in [1.807, 2.05) is 31.2 Å². The maximum atomic E-state index is 13.2. The van der Waals surface area contributed by atoms with Gasteiger partial charge in [0.2, 0.25) is 15.9 Å². The summed E-state index contributed by atoms with van der Waals surface area (Å²) in [7, 11) is -1.95. The molecule has 1 N–H and O–H groups in total. The molecule has 2 aromatic rings. The highest BCUT2D eigenvalue weighted by Gasteiger charge is 2.36. The Morgan fingerprint density at radius 3 is 2.56 bits per heavy atom. The van der Waals surface area contributed by atoms with E-state index >= 15 is 0 Å². The zero-order valence-corrected chi connectivity index (χ0v) is 17.0. The molecule has 1 amide bonds. The van der Waals surface area contributed by atoms with Crippen LogP contribution in [0.4, 0.5) is 5.69 Å². The average molecular weight is 391 g/mol. The highest BCUT2D eigenvalue weighted by Crippen LogP contribution is 2.28. The maximum absolute atomic E-state index is 13.2. The molecule has 2 heterocycles. The molecule has 1 unspecified atom stereocenters. The van der Waals surface area contributed by atoms with Crippen molar-refractivity contribution < 1.29 is 13.2 Å². The van der Waals surface area contributed by atoms with Crippen molar-refractivity contribution in [3.63, 3.8) is 0 Å². The van der Waals surface area contributed by atoms with E-state index in [9.17, 15) is 13.2 Å². The fraction of sp³-hybridized carbons (Fsp3) is 0.474. The third-order valence-corrected chi connectivity index (χ3v) is 7.32. The number of nitrogens with one attached hydrogen (secondary N) is 1. The molecular weight excluding hydrogens is 364 g/mol. The highest BCUT2D eigenvalue weighted by atomic mass is 32.2. The van der Waals surface area contributed by atoms with Gasteiger partial charge in [0.1, 0.15) is 4.90 Å². The Morgan fingerprint density at radius 2 is 1.93 bits per heavy atom. The summed E-state index contributed by atoms with van der Waals surface area (Å²) in [6, 6.07) is 7.57. The predicted molar refractivity (Wildman–Crippen MR) is 104 cm³/mol. The number of piperidine rings is 1. The summed E-state index contributed by atoms with van der Waals surface area (Å²) in [5.41, 5.74) is 2.84. The van der Waals surface area contributed by atoms with Gasteiger partial charge in [0, 0.05) is 25.8 Å². The summed E-state index contributed by atoms with van der Waals surface area (Å²) in [6.07, 6.45) is 1.33. The SMILES string of the molecule is Cc1ccccc1NC(=O)C1CCCN(S(=O)(=O)c2c(C)nn(C)c2C)C1. The van der Waals surface area contributed by atoms with Gasteiger partial charge in [0.25, 0.3) is 0 Å². The normalized spacial score (nSPS) is 18.4. The van der Waals surface area contributed by atoms with Gasteiger partial charge < -0.3 is 5.32 Å². The fourth-order valence-corrected chi connectivity index (χ4v) is 5.50. The number of carbonyl (C=O) groups excluding carboxylic acids is 1. The molecule has 1 fully saturated rings. The molecule has 0 bridgehead atoms. The van der Waals surface area contributed by atoms with Crippen LogP contribution in [0.25, 0.3) is 0 Å². The number of hydrogen-bond acceptors (Lipinski definition) is 4. The van der Waals surface area contributed by atoms with E-state index in [4.69, 9.17) is 0 Å². The summed E-state index contributed by atoms with van der Waals surface area (Å²) in [6.45, 7) is 5.99. The van der Waals surface area contributed by atoms with Gasteiger partial charge in [0.05, 0.1) is 17.3 Å². The zero-order valence-electron chi connectivity index (χ0n) is 16.2. The quantitative estimate of drug-likeness (QED) is 0.869. The number of amides is 1. The minimum Gasteiger partial charge on any atom is -0.326 e. The maximum Gasteiger partial charge on any atom is 0.246 e. The predicted octanol–water partition coefficient (Wildman–Crippen LogP) is 2.38. The third-order valence-electron chi connectivity index (χ3n) is 5.20. The minimum atomic E-state index is -3.68. The molecule has 1 saturated heterocycles. The summed E-state index contributed by atoms with van der Waals surface area (Å²) in [5, 5.41) is 7.16. The summed E-state index contributed by atoms with van der Waals surface area (Å²) in [5.74, 6) is -0.505. The number of sulfonamides is 1. The van der Waals surface area contributed by atoms with Crippen LogP contribution in [0.5, 0.6) is 0 Å². The first kappa shape index (κ1) is 19.6. The number of carbonyl (C=O) groups is 1. The van der Waals surface area contributed by atoms with E-state index < -0.39 is 10.0 Å². The first-order valence-corrected chi connectivity index (χ1v) is 10.5. The number of benzene rings is 1. The second-order valence-corrected chi connectivity index (χ2v) is 9.00. The van der Waals surface area contributed by atoms with E-state index in [1.165, 1.54) is 4.31 Å². The molecule has 3 rings (SSSR count). The van der Waals surface area contributed by atoms with Gasteiger partial charge in [0.15, 0.2) is 0 Å². The standard InChI is InChI=1S/C19H26N4O3S/c1-13-8-5-6-10-17(13)20-19(24)16-9-7-11-23(12-16)27(25,26)18-14(2)21-22(4)15(18)3/h5-6,8,10,16H,7,9,11-12H2,1-4H3,(H,20,24). The zero-order chi connectivity index (χ0) is 19.8. The van der Waals surface area contributed by atoms with E-state index in [0.717, 1.165) is 11.3 Å². The Bertz CT molecular complexity index is 965. The number of rotatable bonds is 4. The van der Waals surface area contributed by atoms with Crippen molar-refractivity contribution in [2.45, 2.75) is 38.5 Å². The Balaban J connectivity index is 1.79. The topological polar surface area (TPSA) is 84.3 Å². The monoisotopic (exact) mass is 390 g/mol. The van der Waals surface area contributed by atoms with Crippen molar-refractivity contribution in [2.24, 2.45) is 13.0 Å². The Kier molecular flexibility index (Phi) is 5.39. The van der Waals surface area contributed by atoms with Crippen LogP contribution in [0.1, 0.15) is 29.8 Å². The number of hydrogen-bond donors (Lipinski definition) is 1. The molecule has 1 aliphatic heterocycles. The highest BCUT2D eigenvalue weighted by molar-refractivity contribution is 7.89. The van der Waals surface area contributed by atoms with E-state index in [1.54, 1.807) is 25.6 Å². The molecule has 7 nitrogen and oxygen atoms in total. The number of aromatic nitrogens is 2. The van der Waals surface area contributed by atoms with E-state index in [2.05, 4.69) is 10.4 Å². The van der Waals surface area contributed by atoms with Crippen molar-refractivity contribution in [1.29, 1.82) is 0 Å². The smallest absolute Gasteiger partial charge is 0.246 e. The lowest BCUT2D eigenvalue weighted by atomic mass is 9.98. The van der Waals surface area contributed by atoms with Gasteiger partial charge in [-0.3, -0.25) is 9.48 Å². The van der Waals surface area contributed by atoms with Crippen LogP contribution in [-0.4, -0.2) is 41.5 Å².